The Morgan fingerprint density at radius 2 is 1.79 bits per heavy atom. The number of carbonyl (C=O) groups is 1. The first-order valence-corrected chi connectivity index (χ1v) is 9.45. The van der Waals surface area contributed by atoms with E-state index in [0.717, 1.165) is 5.69 Å². The van der Waals surface area contributed by atoms with Gasteiger partial charge in [-0.1, -0.05) is 41.9 Å². The largest absolute Gasteiger partial charge is 0.490 e. The number of rotatable bonds is 8. The number of nitrogens with one attached hydrogen (secondary N) is 1. The van der Waals surface area contributed by atoms with Gasteiger partial charge in [0.25, 0.3) is 5.91 Å². The molecule has 7 nitrogen and oxygen atoms in total. The standard InChI is InChI=1S/C21H21ClN4O3/c1-3-28-18-11-7-8-12-19(18)29-14-20(27)24-23-13-17-15(2)25-26(21(17)22)16-9-5-4-6-10-16/h4-13H,3,14H2,1-2H3,(H,24,27)/b23-13+. The third-order valence-electron chi connectivity index (χ3n) is 3.94. The van der Waals surface area contributed by atoms with Crippen molar-refractivity contribution in [1.29, 1.82) is 0 Å². The van der Waals surface area contributed by atoms with Crippen LogP contribution in [0.5, 0.6) is 11.5 Å². The van der Waals surface area contributed by atoms with Crippen LogP contribution in [0.15, 0.2) is 59.7 Å². The van der Waals surface area contributed by atoms with Crippen LogP contribution >= 0.6 is 11.6 Å². The average molecular weight is 413 g/mol. The second kappa shape index (κ2) is 9.75. The fraction of sp³-hybridized carbons (Fsp3) is 0.190. The van der Waals surface area contributed by atoms with Crippen molar-refractivity contribution in [2.45, 2.75) is 13.8 Å². The van der Waals surface area contributed by atoms with E-state index in [0.29, 0.717) is 34.5 Å². The predicted octanol–water partition coefficient (Wildman–Crippen LogP) is 3.76. The molecular formula is C21H21ClN4O3. The van der Waals surface area contributed by atoms with Crippen LogP contribution in [0.25, 0.3) is 5.69 Å². The highest BCUT2D eigenvalue weighted by Gasteiger charge is 2.13. The summed E-state index contributed by atoms with van der Waals surface area (Å²) in [5.74, 6) is 0.676. The SMILES string of the molecule is CCOc1ccccc1OCC(=O)N/N=C/c1c(C)nn(-c2ccccc2)c1Cl. The zero-order chi connectivity index (χ0) is 20.6. The summed E-state index contributed by atoms with van der Waals surface area (Å²) in [5, 5.41) is 8.80. The number of hydrogen-bond acceptors (Lipinski definition) is 5. The number of halogens is 1. The van der Waals surface area contributed by atoms with Gasteiger partial charge in [0.1, 0.15) is 5.15 Å². The number of aromatic nitrogens is 2. The zero-order valence-corrected chi connectivity index (χ0v) is 16.9. The van der Waals surface area contributed by atoms with Gasteiger partial charge in [-0.3, -0.25) is 4.79 Å². The van der Waals surface area contributed by atoms with Crippen LogP contribution in [-0.4, -0.2) is 35.1 Å². The number of para-hydroxylation sites is 3. The Morgan fingerprint density at radius 1 is 1.14 bits per heavy atom. The molecule has 8 heteroatoms. The highest BCUT2D eigenvalue weighted by atomic mass is 35.5. The summed E-state index contributed by atoms with van der Waals surface area (Å²) in [6.07, 6.45) is 1.47. The Bertz CT molecular complexity index is 1000. The first-order valence-electron chi connectivity index (χ1n) is 9.07. The van der Waals surface area contributed by atoms with Crippen molar-refractivity contribution in [3.05, 3.63) is 71.0 Å². The van der Waals surface area contributed by atoms with Gasteiger partial charge in [-0.05, 0) is 38.1 Å². The molecule has 0 saturated heterocycles. The van der Waals surface area contributed by atoms with Crippen molar-refractivity contribution in [2.24, 2.45) is 5.10 Å². The Balaban J connectivity index is 1.60. The normalized spacial score (nSPS) is 10.9. The van der Waals surface area contributed by atoms with Crippen LogP contribution in [0.2, 0.25) is 5.15 Å². The fourth-order valence-electron chi connectivity index (χ4n) is 2.59. The molecule has 150 valence electrons. The van der Waals surface area contributed by atoms with Crippen molar-refractivity contribution in [3.63, 3.8) is 0 Å². The molecule has 1 amide bonds. The Labute approximate surface area is 173 Å². The van der Waals surface area contributed by atoms with E-state index in [2.05, 4.69) is 15.6 Å². The molecule has 0 aliphatic rings. The lowest BCUT2D eigenvalue weighted by atomic mass is 10.3. The van der Waals surface area contributed by atoms with Crippen LogP contribution < -0.4 is 14.9 Å². The summed E-state index contributed by atoms with van der Waals surface area (Å²) in [6.45, 7) is 4.01. The van der Waals surface area contributed by atoms with E-state index in [4.69, 9.17) is 21.1 Å². The molecule has 0 atom stereocenters. The van der Waals surface area contributed by atoms with Gasteiger partial charge < -0.3 is 9.47 Å². The van der Waals surface area contributed by atoms with Crippen molar-refractivity contribution in [1.82, 2.24) is 15.2 Å². The molecule has 0 radical (unpaired) electrons. The number of ether oxygens (including phenoxy) is 2. The summed E-state index contributed by atoms with van der Waals surface area (Å²) in [4.78, 5) is 12.0. The van der Waals surface area contributed by atoms with Crippen molar-refractivity contribution in [3.8, 4) is 17.2 Å². The highest BCUT2D eigenvalue weighted by molar-refractivity contribution is 6.32. The molecule has 1 aromatic heterocycles. The van der Waals surface area contributed by atoms with Gasteiger partial charge in [0, 0.05) is 0 Å². The minimum atomic E-state index is -0.406. The van der Waals surface area contributed by atoms with Gasteiger partial charge in [-0.25, -0.2) is 10.1 Å². The molecule has 0 unspecified atom stereocenters. The highest BCUT2D eigenvalue weighted by Crippen LogP contribution is 2.26. The summed E-state index contributed by atoms with van der Waals surface area (Å²) >= 11 is 6.43. The van der Waals surface area contributed by atoms with Crippen LogP contribution in [0, 0.1) is 6.92 Å². The average Bonchev–Trinajstić information content (AvgIpc) is 3.02. The second-order valence-electron chi connectivity index (χ2n) is 6.00. The van der Waals surface area contributed by atoms with E-state index < -0.39 is 5.91 Å². The molecule has 1 N–H and O–H groups in total. The van der Waals surface area contributed by atoms with Gasteiger partial charge in [0.05, 0.1) is 29.8 Å². The third-order valence-corrected chi connectivity index (χ3v) is 4.30. The maximum atomic E-state index is 12.0. The van der Waals surface area contributed by atoms with Crippen molar-refractivity contribution in [2.75, 3.05) is 13.2 Å². The lowest BCUT2D eigenvalue weighted by molar-refractivity contribution is -0.123. The number of hydrogen-bond donors (Lipinski definition) is 1. The molecule has 0 aliphatic heterocycles. The number of aryl methyl sites for hydroxylation is 1. The number of hydrazone groups is 1. The molecular weight excluding hydrogens is 392 g/mol. The summed E-state index contributed by atoms with van der Waals surface area (Å²) < 4.78 is 12.6. The van der Waals surface area contributed by atoms with Gasteiger partial charge in [0.2, 0.25) is 0 Å². The molecule has 3 rings (SSSR count). The van der Waals surface area contributed by atoms with E-state index in [1.54, 1.807) is 16.8 Å². The molecule has 0 bridgehead atoms. The molecule has 3 aromatic rings. The molecule has 0 spiro atoms. The topological polar surface area (TPSA) is 77.7 Å². The van der Waals surface area contributed by atoms with Crippen LogP contribution in [0.1, 0.15) is 18.2 Å². The minimum Gasteiger partial charge on any atom is -0.490 e. The van der Waals surface area contributed by atoms with Crippen LogP contribution in [0.3, 0.4) is 0 Å². The van der Waals surface area contributed by atoms with Gasteiger partial charge in [-0.15, -0.1) is 0 Å². The predicted molar refractivity (Wildman–Crippen MR) is 112 cm³/mol. The maximum absolute atomic E-state index is 12.0. The van der Waals surface area contributed by atoms with E-state index >= 15 is 0 Å². The third kappa shape index (κ3) is 5.14. The number of benzene rings is 2. The maximum Gasteiger partial charge on any atom is 0.277 e. The molecule has 0 saturated carbocycles. The summed E-state index contributed by atoms with van der Waals surface area (Å²) in [7, 11) is 0. The number of carbonyl (C=O) groups excluding carboxylic acids is 1. The molecule has 0 aliphatic carbocycles. The monoisotopic (exact) mass is 412 g/mol. The smallest absolute Gasteiger partial charge is 0.277 e. The molecule has 29 heavy (non-hydrogen) atoms. The summed E-state index contributed by atoms with van der Waals surface area (Å²) in [6, 6.07) is 16.7. The first-order chi connectivity index (χ1) is 14.1. The van der Waals surface area contributed by atoms with E-state index in [1.807, 2.05) is 56.3 Å². The Morgan fingerprint density at radius 3 is 2.48 bits per heavy atom. The Hall–Kier alpha value is -3.32. The molecule has 1 heterocycles. The molecule has 0 fully saturated rings. The van der Waals surface area contributed by atoms with Gasteiger partial charge >= 0.3 is 0 Å². The Kier molecular flexibility index (Phi) is 6.86. The van der Waals surface area contributed by atoms with Crippen molar-refractivity contribution >= 4 is 23.7 Å². The summed E-state index contributed by atoms with van der Waals surface area (Å²) in [5.41, 5.74) is 4.58. The van der Waals surface area contributed by atoms with E-state index in [-0.39, 0.29) is 6.61 Å². The second-order valence-corrected chi connectivity index (χ2v) is 6.36. The number of nitrogens with zero attached hydrogens (tertiary/aromatic N) is 3. The van der Waals surface area contributed by atoms with Crippen LogP contribution in [-0.2, 0) is 4.79 Å². The van der Waals surface area contributed by atoms with Gasteiger partial charge in [-0.2, -0.15) is 10.2 Å². The van der Waals surface area contributed by atoms with E-state index in [9.17, 15) is 4.79 Å². The minimum absolute atomic E-state index is 0.197. The zero-order valence-electron chi connectivity index (χ0n) is 16.1. The van der Waals surface area contributed by atoms with Crippen LogP contribution in [0.4, 0.5) is 0 Å². The fourth-order valence-corrected chi connectivity index (χ4v) is 2.91. The lowest BCUT2D eigenvalue weighted by Crippen LogP contribution is -2.24. The van der Waals surface area contributed by atoms with Crippen molar-refractivity contribution < 1.29 is 14.3 Å². The van der Waals surface area contributed by atoms with Gasteiger partial charge in [0.15, 0.2) is 18.1 Å². The lowest BCUT2D eigenvalue weighted by Gasteiger charge is -2.10. The quantitative estimate of drug-likeness (QED) is 0.451. The van der Waals surface area contributed by atoms with E-state index in [1.165, 1.54) is 6.21 Å². The molecule has 2 aromatic carbocycles. The number of amides is 1. The first kappa shape index (κ1) is 20.4.